The van der Waals surface area contributed by atoms with E-state index in [0.717, 1.165) is 19.3 Å². The van der Waals surface area contributed by atoms with Crippen LogP contribution in [0.3, 0.4) is 0 Å². The number of aliphatic hydroxyl groups excluding tert-OH is 2. The van der Waals surface area contributed by atoms with Gasteiger partial charge in [-0.1, -0.05) is 83.5 Å². The zero-order valence-electron chi connectivity index (χ0n) is 15.7. The van der Waals surface area contributed by atoms with Gasteiger partial charge in [0.1, 0.15) is 0 Å². The predicted octanol–water partition coefficient (Wildman–Crippen LogP) is 4.33. The van der Waals surface area contributed by atoms with Crippen LogP contribution in [0, 0.1) is 0 Å². The van der Waals surface area contributed by atoms with Crippen molar-refractivity contribution in [2.24, 2.45) is 0 Å². The molecule has 0 fully saturated rings. The van der Waals surface area contributed by atoms with Gasteiger partial charge in [-0.2, -0.15) is 0 Å². The van der Waals surface area contributed by atoms with Crippen LogP contribution in [0.25, 0.3) is 0 Å². The van der Waals surface area contributed by atoms with Crippen molar-refractivity contribution in [3.8, 4) is 0 Å². The Balaban J connectivity index is 3.04. The smallest absolute Gasteiger partial charge is 0.220 e. The second kappa shape index (κ2) is 20.4. The number of unbranched alkanes of at least 4 members (excludes halogenated alkanes) is 14. The van der Waals surface area contributed by atoms with Crippen molar-refractivity contribution in [3.05, 3.63) is 0 Å². The fourth-order valence-electron chi connectivity index (χ4n) is 2.98. The van der Waals surface area contributed by atoms with E-state index in [-0.39, 0.29) is 12.5 Å². The highest BCUT2D eigenvalue weighted by molar-refractivity contribution is 5.75. The molecule has 0 saturated heterocycles. The Kier molecular flexibility index (Phi) is 19.9. The van der Waals surface area contributed by atoms with Gasteiger partial charge in [0, 0.05) is 19.6 Å². The van der Waals surface area contributed by atoms with Crippen molar-refractivity contribution in [1.29, 1.82) is 0 Å². The van der Waals surface area contributed by atoms with Crippen LogP contribution in [0.5, 0.6) is 0 Å². The topological polar surface area (TPSA) is 69.6 Å². The van der Waals surface area contributed by atoms with Crippen LogP contribution < -0.4 is 5.32 Å². The molecule has 0 aromatic heterocycles. The molecule has 0 unspecified atom stereocenters. The van der Waals surface area contributed by atoms with Gasteiger partial charge in [0.05, 0.1) is 6.61 Å². The molecule has 0 radical (unpaired) electrons. The molecule has 3 N–H and O–H groups in total. The molecule has 0 aromatic rings. The van der Waals surface area contributed by atoms with Gasteiger partial charge in [0.2, 0.25) is 5.91 Å². The number of rotatable bonds is 19. The molecular formula is C20H41NO3. The maximum atomic E-state index is 11.3. The summed E-state index contributed by atoms with van der Waals surface area (Å²) in [5.74, 6) is 0.0671. The minimum absolute atomic E-state index is 0.0242. The molecule has 1 amide bonds. The van der Waals surface area contributed by atoms with Gasteiger partial charge in [-0.05, 0) is 12.8 Å². The summed E-state index contributed by atoms with van der Waals surface area (Å²) >= 11 is 0. The van der Waals surface area contributed by atoms with E-state index in [0.29, 0.717) is 19.6 Å². The minimum atomic E-state index is 0.0242. The van der Waals surface area contributed by atoms with Crippen LogP contribution in [0.1, 0.15) is 103 Å². The lowest BCUT2D eigenvalue weighted by atomic mass is 10.0. The van der Waals surface area contributed by atoms with Crippen molar-refractivity contribution in [3.63, 3.8) is 0 Å². The van der Waals surface area contributed by atoms with E-state index in [9.17, 15) is 4.79 Å². The summed E-state index contributed by atoms with van der Waals surface area (Å²) in [6.07, 6.45) is 19.5. The molecule has 0 heterocycles. The maximum absolute atomic E-state index is 11.3. The van der Waals surface area contributed by atoms with E-state index in [1.54, 1.807) is 0 Å². The third-order valence-electron chi connectivity index (χ3n) is 4.50. The molecule has 0 aliphatic rings. The first-order chi connectivity index (χ1) is 11.8. The summed E-state index contributed by atoms with van der Waals surface area (Å²) in [7, 11) is 0. The highest BCUT2D eigenvalue weighted by atomic mass is 16.3. The molecule has 0 spiro atoms. The molecule has 0 aliphatic carbocycles. The summed E-state index contributed by atoms with van der Waals surface area (Å²) in [6, 6.07) is 0. The quantitative estimate of drug-likeness (QED) is 0.306. The Labute approximate surface area is 149 Å². The summed E-state index contributed by atoms with van der Waals surface area (Å²) < 4.78 is 0. The lowest BCUT2D eigenvalue weighted by Gasteiger charge is -2.04. The van der Waals surface area contributed by atoms with E-state index in [4.69, 9.17) is 10.2 Å². The van der Waals surface area contributed by atoms with Gasteiger partial charge in [-0.25, -0.2) is 0 Å². The Bertz CT molecular complexity index is 259. The van der Waals surface area contributed by atoms with Crippen molar-refractivity contribution in [1.82, 2.24) is 5.32 Å². The van der Waals surface area contributed by atoms with Crippen LogP contribution in [0.15, 0.2) is 0 Å². The first kappa shape index (κ1) is 23.4. The summed E-state index contributed by atoms with van der Waals surface area (Å²) in [4.78, 5) is 11.3. The van der Waals surface area contributed by atoms with Crippen LogP contribution in [0.2, 0.25) is 0 Å². The summed E-state index contributed by atoms with van der Waals surface area (Å²) in [5, 5.41) is 20.0. The third kappa shape index (κ3) is 19.4. The number of hydrogen-bond acceptors (Lipinski definition) is 3. The predicted molar refractivity (Wildman–Crippen MR) is 101 cm³/mol. The Morgan fingerprint density at radius 1 is 0.542 bits per heavy atom. The normalized spacial score (nSPS) is 10.9. The zero-order chi connectivity index (χ0) is 17.7. The molecule has 24 heavy (non-hydrogen) atoms. The minimum Gasteiger partial charge on any atom is -0.396 e. The number of carbonyl (C=O) groups is 1. The van der Waals surface area contributed by atoms with Crippen molar-refractivity contribution in [2.45, 2.75) is 103 Å². The van der Waals surface area contributed by atoms with E-state index < -0.39 is 0 Å². The van der Waals surface area contributed by atoms with Crippen LogP contribution >= 0.6 is 0 Å². The fourth-order valence-corrected chi connectivity index (χ4v) is 2.98. The summed E-state index contributed by atoms with van der Waals surface area (Å²) in [5.41, 5.74) is 0. The number of nitrogens with one attached hydrogen (secondary N) is 1. The van der Waals surface area contributed by atoms with Gasteiger partial charge >= 0.3 is 0 Å². The van der Waals surface area contributed by atoms with Gasteiger partial charge < -0.3 is 15.5 Å². The highest BCUT2D eigenvalue weighted by Crippen LogP contribution is 2.13. The van der Waals surface area contributed by atoms with Gasteiger partial charge in [-0.3, -0.25) is 4.79 Å². The van der Waals surface area contributed by atoms with E-state index in [1.807, 2.05) is 0 Å². The molecule has 144 valence electrons. The van der Waals surface area contributed by atoms with Crippen LogP contribution in [0.4, 0.5) is 0 Å². The molecular weight excluding hydrogens is 302 g/mol. The van der Waals surface area contributed by atoms with Gasteiger partial charge in [0.15, 0.2) is 0 Å². The van der Waals surface area contributed by atoms with Gasteiger partial charge in [-0.15, -0.1) is 0 Å². The van der Waals surface area contributed by atoms with E-state index in [2.05, 4.69) is 5.32 Å². The van der Waals surface area contributed by atoms with Crippen LogP contribution in [-0.2, 0) is 4.79 Å². The van der Waals surface area contributed by atoms with Crippen molar-refractivity contribution < 1.29 is 15.0 Å². The Morgan fingerprint density at radius 2 is 0.917 bits per heavy atom. The molecule has 4 heteroatoms. The molecule has 0 bridgehead atoms. The molecule has 0 aliphatic heterocycles. The van der Waals surface area contributed by atoms with Crippen molar-refractivity contribution in [2.75, 3.05) is 19.8 Å². The SMILES string of the molecule is O=C(CCCCCCCCCCCCCCCCCO)NCCO. The number of aliphatic hydroxyl groups is 2. The second-order valence-electron chi connectivity index (χ2n) is 6.85. The Hall–Kier alpha value is -0.610. The first-order valence-corrected chi connectivity index (χ1v) is 10.3. The molecule has 0 rings (SSSR count). The van der Waals surface area contributed by atoms with E-state index in [1.165, 1.54) is 77.0 Å². The maximum Gasteiger partial charge on any atom is 0.220 e. The number of hydrogen-bond donors (Lipinski definition) is 3. The largest absolute Gasteiger partial charge is 0.396 e. The Morgan fingerprint density at radius 3 is 1.29 bits per heavy atom. The van der Waals surface area contributed by atoms with Gasteiger partial charge in [0.25, 0.3) is 0 Å². The standard InChI is InChI=1S/C20H41NO3/c22-18-15-13-11-9-7-5-3-1-2-4-6-8-10-12-14-16-20(24)21-17-19-23/h22-23H,1-19H2,(H,21,24). The number of amides is 1. The summed E-state index contributed by atoms with van der Waals surface area (Å²) in [6.45, 7) is 0.749. The van der Waals surface area contributed by atoms with E-state index >= 15 is 0 Å². The molecule has 0 atom stereocenters. The second-order valence-corrected chi connectivity index (χ2v) is 6.85. The molecule has 4 nitrogen and oxygen atoms in total. The molecule has 0 aromatic carbocycles. The lowest BCUT2D eigenvalue weighted by molar-refractivity contribution is -0.121. The van der Waals surface area contributed by atoms with Crippen LogP contribution in [-0.4, -0.2) is 35.9 Å². The fraction of sp³-hybridized carbons (Fsp3) is 0.950. The third-order valence-corrected chi connectivity index (χ3v) is 4.50. The zero-order valence-corrected chi connectivity index (χ0v) is 15.7. The average Bonchev–Trinajstić information content (AvgIpc) is 2.59. The average molecular weight is 344 g/mol. The monoisotopic (exact) mass is 343 g/mol. The highest BCUT2D eigenvalue weighted by Gasteiger charge is 1.99. The molecule has 0 saturated carbocycles. The van der Waals surface area contributed by atoms with Crippen molar-refractivity contribution >= 4 is 5.91 Å². The lowest BCUT2D eigenvalue weighted by Crippen LogP contribution is -2.25. The number of carbonyl (C=O) groups excluding carboxylic acids is 1. The first-order valence-electron chi connectivity index (χ1n) is 10.3.